The van der Waals surface area contributed by atoms with E-state index in [1.165, 1.54) is 51.4 Å². The molecule has 7 saturated carbocycles. The third-order valence-corrected chi connectivity index (χ3v) is 12.8. The van der Waals surface area contributed by atoms with Crippen LogP contribution in [-0.4, -0.2) is 23.9 Å². The van der Waals surface area contributed by atoms with Crippen molar-refractivity contribution in [3.05, 3.63) is 12.2 Å². The fourth-order valence-corrected chi connectivity index (χ4v) is 11.7. The highest BCUT2D eigenvalue weighted by atomic mass is 16.2. The number of rotatable bonds is 2. The molecule has 0 aromatic heterocycles. The second-order valence-electron chi connectivity index (χ2n) is 14.4. The summed E-state index contributed by atoms with van der Waals surface area (Å²) in [4.78, 5) is 26.1. The molecule has 186 valence electrons. The summed E-state index contributed by atoms with van der Waals surface area (Å²) in [5.41, 5.74) is 0.198. The van der Waals surface area contributed by atoms with Crippen LogP contribution in [0.25, 0.3) is 0 Å². The molecule has 8 atom stereocenters. The lowest BCUT2D eigenvalue weighted by molar-refractivity contribution is -0.138. The Morgan fingerprint density at radius 2 is 1.68 bits per heavy atom. The summed E-state index contributed by atoms with van der Waals surface area (Å²) in [6, 6.07) is 0.738. The Morgan fingerprint density at radius 1 is 0.971 bits per heavy atom. The molecule has 8 rings (SSSR count). The first-order valence-electron chi connectivity index (χ1n) is 14.6. The second-order valence-corrected chi connectivity index (χ2v) is 14.4. The van der Waals surface area contributed by atoms with E-state index in [0.717, 1.165) is 36.5 Å². The molecule has 0 saturated heterocycles. The minimum Gasteiger partial charge on any atom is -0.353 e. The van der Waals surface area contributed by atoms with E-state index >= 15 is 0 Å². The fourth-order valence-electron chi connectivity index (χ4n) is 11.7. The summed E-state index contributed by atoms with van der Waals surface area (Å²) in [6.45, 7) is 7.24. The molecule has 1 heterocycles. The van der Waals surface area contributed by atoms with Crippen molar-refractivity contribution in [3.8, 4) is 0 Å². The molecule has 4 bridgehead atoms. The summed E-state index contributed by atoms with van der Waals surface area (Å²) in [5.74, 6) is 6.47. The SMILES string of the molecule is CC1C[C@H]2[C@@H]3CC[C@H]4NC(=O)C=C[C@]4(C)[C@H]3CC[C@]2(C)[C@H]1C(=O)NC1C2CC3CC(C2)CC1C3. The van der Waals surface area contributed by atoms with E-state index in [0.29, 0.717) is 35.6 Å². The molecule has 0 aromatic carbocycles. The Kier molecular flexibility index (Phi) is 4.74. The first-order valence-corrected chi connectivity index (χ1v) is 14.6. The fraction of sp³-hybridized carbons (Fsp3) is 0.867. The maximum atomic E-state index is 14.0. The average molecular weight is 465 g/mol. The molecule has 2 amide bonds. The normalized spacial score (nSPS) is 56.9. The van der Waals surface area contributed by atoms with Gasteiger partial charge in [-0.2, -0.15) is 0 Å². The van der Waals surface area contributed by atoms with Gasteiger partial charge in [-0.25, -0.2) is 0 Å². The molecule has 0 spiro atoms. The molecular weight excluding hydrogens is 420 g/mol. The number of nitrogens with one attached hydrogen (secondary N) is 2. The van der Waals surface area contributed by atoms with Crippen LogP contribution in [0.2, 0.25) is 0 Å². The minimum absolute atomic E-state index is 0.0716. The Morgan fingerprint density at radius 3 is 2.38 bits per heavy atom. The number of hydrogen-bond acceptors (Lipinski definition) is 2. The average Bonchev–Trinajstić information content (AvgIpc) is 3.06. The van der Waals surface area contributed by atoms with Crippen LogP contribution in [0.4, 0.5) is 0 Å². The second kappa shape index (κ2) is 7.35. The zero-order valence-corrected chi connectivity index (χ0v) is 21.4. The predicted molar refractivity (Wildman–Crippen MR) is 132 cm³/mol. The highest BCUT2D eigenvalue weighted by Gasteiger charge is 2.63. The first kappa shape index (κ1) is 21.9. The van der Waals surface area contributed by atoms with E-state index < -0.39 is 0 Å². The molecule has 1 unspecified atom stereocenters. The largest absolute Gasteiger partial charge is 0.353 e. The van der Waals surface area contributed by atoms with E-state index in [2.05, 4.69) is 37.5 Å². The van der Waals surface area contributed by atoms with Gasteiger partial charge in [0.05, 0.1) is 0 Å². The predicted octanol–water partition coefficient (Wildman–Crippen LogP) is 5.09. The summed E-state index contributed by atoms with van der Waals surface area (Å²) < 4.78 is 0. The number of carbonyl (C=O) groups is 2. The third-order valence-electron chi connectivity index (χ3n) is 12.8. The lowest BCUT2D eigenvalue weighted by Crippen LogP contribution is -2.60. The van der Waals surface area contributed by atoms with Crippen molar-refractivity contribution >= 4 is 11.8 Å². The molecule has 0 radical (unpaired) electrons. The number of fused-ring (bicyclic) bond motifs is 5. The van der Waals surface area contributed by atoms with Gasteiger partial charge in [-0.3, -0.25) is 9.59 Å². The number of amides is 2. The van der Waals surface area contributed by atoms with Crippen LogP contribution in [0.5, 0.6) is 0 Å². The molecule has 0 aromatic rings. The number of carbonyl (C=O) groups excluding carboxylic acids is 2. The molecule has 8 aliphatic rings. The topological polar surface area (TPSA) is 58.2 Å². The lowest BCUT2D eigenvalue weighted by atomic mass is 9.48. The summed E-state index contributed by atoms with van der Waals surface area (Å²) in [5, 5.41) is 7.00. The monoisotopic (exact) mass is 464 g/mol. The van der Waals surface area contributed by atoms with Crippen molar-refractivity contribution in [1.82, 2.24) is 10.6 Å². The quantitative estimate of drug-likeness (QED) is 0.598. The standard InChI is InChI=1S/C30H44N2O2/c1-16-10-23-21-4-5-24-29(2,9-7-25(33)31-24)22(21)6-8-30(23,3)26(16)28(34)32-27-19-12-17-11-18(14-19)15-20(27)13-17/h7,9,16-24,26-27H,4-6,8,10-15H2,1-3H3,(H,31,33)(H,32,34)/t16?,17?,18?,19?,20?,21-,22+,23+,24-,26-,27?,29-,30+/m1/s1. The summed E-state index contributed by atoms with van der Waals surface area (Å²) in [6.07, 6.45) is 16.8. The van der Waals surface area contributed by atoms with Crippen molar-refractivity contribution in [1.29, 1.82) is 0 Å². The Bertz CT molecular complexity index is 899. The molecular formula is C30H44N2O2. The molecule has 2 N–H and O–H groups in total. The minimum atomic E-state index is 0.0716. The van der Waals surface area contributed by atoms with Crippen LogP contribution < -0.4 is 10.6 Å². The van der Waals surface area contributed by atoms with Gasteiger partial charge in [0.2, 0.25) is 11.8 Å². The van der Waals surface area contributed by atoms with Crippen molar-refractivity contribution in [2.45, 2.75) is 97.1 Å². The van der Waals surface area contributed by atoms with Gasteiger partial charge < -0.3 is 10.6 Å². The Labute approximate surface area is 205 Å². The highest BCUT2D eigenvalue weighted by Crippen LogP contribution is 2.66. The zero-order valence-electron chi connectivity index (χ0n) is 21.4. The van der Waals surface area contributed by atoms with E-state index in [1.807, 2.05) is 0 Å². The van der Waals surface area contributed by atoms with Gasteiger partial charge in [0.1, 0.15) is 0 Å². The molecule has 7 fully saturated rings. The van der Waals surface area contributed by atoms with Gasteiger partial charge in [0, 0.05) is 23.4 Å². The van der Waals surface area contributed by atoms with Crippen molar-refractivity contribution < 1.29 is 9.59 Å². The van der Waals surface area contributed by atoms with Crippen molar-refractivity contribution in [3.63, 3.8) is 0 Å². The Hall–Kier alpha value is -1.32. The van der Waals surface area contributed by atoms with Gasteiger partial charge in [-0.15, -0.1) is 0 Å². The van der Waals surface area contributed by atoms with Gasteiger partial charge in [0.15, 0.2) is 0 Å². The van der Waals surface area contributed by atoms with E-state index in [4.69, 9.17) is 0 Å². The van der Waals surface area contributed by atoms with E-state index in [1.54, 1.807) is 6.08 Å². The van der Waals surface area contributed by atoms with Gasteiger partial charge in [-0.1, -0.05) is 26.8 Å². The Balaban J connectivity index is 1.12. The van der Waals surface area contributed by atoms with Crippen LogP contribution in [0, 0.1) is 64.1 Å². The summed E-state index contributed by atoms with van der Waals surface area (Å²) >= 11 is 0. The third kappa shape index (κ3) is 2.95. The maximum Gasteiger partial charge on any atom is 0.243 e. The van der Waals surface area contributed by atoms with Crippen LogP contribution in [0.3, 0.4) is 0 Å². The number of hydrogen-bond donors (Lipinski definition) is 2. The first-order chi connectivity index (χ1) is 16.3. The highest BCUT2D eigenvalue weighted by molar-refractivity contribution is 5.89. The molecule has 1 aliphatic heterocycles. The molecule has 7 aliphatic carbocycles. The molecule has 34 heavy (non-hydrogen) atoms. The van der Waals surface area contributed by atoms with Gasteiger partial charge in [0.25, 0.3) is 0 Å². The maximum absolute atomic E-state index is 14.0. The van der Waals surface area contributed by atoms with E-state index in [9.17, 15) is 9.59 Å². The van der Waals surface area contributed by atoms with Crippen LogP contribution in [-0.2, 0) is 9.59 Å². The summed E-state index contributed by atoms with van der Waals surface area (Å²) in [7, 11) is 0. The van der Waals surface area contributed by atoms with Crippen molar-refractivity contribution in [2.24, 2.45) is 64.1 Å². The van der Waals surface area contributed by atoms with Crippen LogP contribution >= 0.6 is 0 Å². The van der Waals surface area contributed by atoms with Gasteiger partial charge >= 0.3 is 0 Å². The zero-order chi connectivity index (χ0) is 23.4. The molecule has 4 nitrogen and oxygen atoms in total. The van der Waals surface area contributed by atoms with E-state index in [-0.39, 0.29) is 28.7 Å². The van der Waals surface area contributed by atoms with Crippen LogP contribution in [0.15, 0.2) is 12.2 Å². The van der Waals surface area contributed by atoms with Crippen LogP contribution in [0.1, 0.15) is 85.0 Å². The lowest BCUT2D eigenvalue weighted by Gasteiger charge is -2.59. The van der Waals surface area contributed by atoms with Gasteiger partial charge in [-0.05, 0) is 123 Å². The van der Waals surface area contributed by atoms with Crippen molar-refractivity contribution in [2.75, 3.05) is 0 Å². The smallest absolute Gasteiger partial charge is 0.243 e. The molecule has 4 heteroatoms.